The number of nitrogens with zero attached hydrogens (tertiary/aromatic N) is 1. The first-order valence-electron chi connectivity index (χ1n) is 10.0. The molecule has 1 fully saturated rings. The second-order valence-corrected chi connectivity index (χ2v) is 8.12. The van der Waals surface area contributed by atoms with Crippen LogP contribution in [0.15, 0.2) is 78.9 Å². The van der Waals surface area contributed by atoms with Crippen molar-refractivity contribution in [3.8, 4) is 0 Å². The minimum atomic E-state index is -1.49. The minimum Gasteiger partial charge on any atom is -0.337 e. The number of rotatable bonds is 3. The molecule has 0 bridgehead atoms. The third-order valence-electron chi connectivity index (χ3n) is 6.02. The smallest absolute Gasteiger partial charge is 0.292 e. The fourth-order valence-corrected chi connectivity index (χ4v) is 4.23. The molecule has 4 nitrogen and oxygen atoms in total. The summed E-state index contributed by atoms with van der Waals surface area (Å²) in [5.74, 6) is -2.15. The zero-order valence-corrected chi connectivity index (χ0v) is 16.7. The Kier molecular flexibility index (Phi) is 4.45. The third kappa shape index (κ3) is 2.85. The number of carbonyl (C=O) groups is 1. The van der Waals surface area contributed by atoms with Gasteiger partial charge in [-0.2, -0.15) is 0 Å². The van der Waals surface area contributed by atoms with Gasteiger partial charge in [0.25, 0.3) is 11.7 Å². The molecule has 1 amide bonds. The van der Waals surface area contributed by atoms with Gasteiger partial charge in [-0.3, -0.25) is 4.79 Å². The molecule has 2 aliphatic rings. The van der Waals surface area contributed by atoms with E-state index in [4.69, 9.17) is 9.47 Å². The first-order valence-corrected chi connectivity index (χ1v) is 10.0. The number of halogens is 1. The number of carbonyl (C=O) groups excluding carboxylic acids is 1. The van der Waals surface area contributed by atoms with E-state index in [9.17, 15) is 9.18 Å². The molecule has 152 valence electrons. The molecular weight excluding hydrogens is 381 g/mol. The summed E-state index contributed by atoms with van der Waals surface area (Å²) >= 11 is 0. The average molecular weight is 403 g/mol. The molecule has 30 heavy (non-hydrogen) atoms. The molecule has 0 saturated carbocycles. The highest BCUT2D eigenvalue weighted by Crippen LogP contribution is 2.48. The van der Waals surface area contributed by atoms with Crippen LogP contribution in [0, 0.1) is 5.82 Å². The summed E-state index contributed by atoms with van der Waals surface area (Å²) in [4.78, 5) is 15.1. The van der Waals surface area contributed by atoms with Crippen LogP contribution in [0.25, 0.3) is 0 Å². The van der Waals surface area contributed by atoms with Crippen molar-refractivity contribution in [2.45, 2.75) is 24.7 Å². The molecule has 3 aromatic carbocycles. The van der Waals surface area contributed by atoms with E-state index in [0.29, 0.717) is 30.0 Å². The van der Waals surface area contributed by atoms with Gasteiger partial charge in [-0.1, -0.05) is 73.7 Å². The summed E-state index contributed by atoms with van der Waals surface area (Å²) in [5, 5.41) is 0. The van der Waals surface area contributed by atoms with E-state index in [0.717, 1.165) is 5.56 Å². The normalized spacial score (nSPS) is 25.5. The Morgan fingerprint density at radius 3 is 2.27 bits per heavy atom. The lowest BCUT2D eigenvalue weighted by Crippen LogP contribution is -2.53. The second kappa shape index (κ2) is 7.04. The van der Waals surface area contributed by atoms with E-state index in [2.05, 4.69) is 6.92 Å². The molecular formula is C25H22FNO3. The van der Waals surface area contributed by atoms with Gasteiger partial charge in [0.05, 0.1) is 25.4 Å². The molecule has 0 aliphatic carbocycles. The maximum atomic E-state index is 14.3. The van der Waals surface area contributed by atoms with Crippen molar-refractivity contribution in [2.24, 2.45) is 0 Å². The summed E-state index contributed by atoms with van der Waals surface area (Å²) in [7, 11) is 0. The predicted octanol–water partition coefficient (Wildman–Crippen LogP) is 4.53. The number of ether oxygens (including phenoxy) is 2. The third-order valence-corrected chi connectivity index (χ3v) is 6.02. The van der Waals surface area contributed by atoms with Gasteiger partial charge in [-0.15, -0.1) is 0 Å². The Bertz CT molecular complexity index is 1090. The Labute approximate surface area is 174 Å². The summed E-state index contributed by atoms with van der Waals surface area (Å²) < 4.78 is 26.7. The van der Waals surface area contributed by atoms with Crippen LogP contribution in [-0.2, 0) is 32.0 Å². The van der Waals surface area contributed by atoms with Crippen LogP contribution in [-0.4, -0.2) is 19.1 Å². The SMILES string of the molecule is CC1(c2ccccc2)COC2(OC1)C(=O)N(Cc1ccccc1F)c1ccccc12. The van der Waals surface area contributed by atoms with Gasteiger partial charge in [-0.25, -0.2) is 4.39 Å². The van der Waals surface area contributed by atoms with Crippen molar-refractivity contribution in [2.75, 3.05) is 18.1 Å². The fraction of sp³-hybridized carbons (Fsp3) is 0.240. The summed E-state index contributed by atoms with van der Waals surface area (Å²) in [5.41, 5.74) is 2.54. The molecule has 0 aromatic heterocycles. The van der Waals surface area contributed by atoms with Crippen molar-refractivity contribution in [3.05, 3.63) is 101 Å². The first-order chi connectivity index (χ1) is 14.5. The first kappa shape index (κ1) is 19.0. The number of hydrogen-bond donors (Lipinski definition) is 0. The van der Waals surface area contributed by atoms with Crippen LogP contribution in [0.4, 0.5) is 10.1 Å². The quantitative estimate of drug-likeness (QED) is 0.645. The van der Waals surface area contributed by atoms with Gasteiger partial charge >= 0.3 is 0 Å². The van der Waals surface area contributed by atoms with E-state index >= 15 is 0 Å². The number of anilines is 1. The highest BCUT2D eigenvalue weighted by atomic mass is 19.1. The lowest BCUT2D eigenvalue weighted by molar-refractivity contribution is -0.275. The lowest BCUT2D eigenvalue weighted by Gasteiger charge is -2.42. The van der Waals surface area contributed by atoms with Crippen molar-refractivity contribution < 1.29 is 18.7 Å². The summed E-state index contributed by atoms with van der Waals surface area (Å²) in [6.45, 7) is 2.86. The van der Waals surface area contributed by atoms with E-state index in [-0.39, 0.29) is 23.7 Å². The number of hydrogen-bond acceptors (Lipinski definition) is 3. The second-order valence-electron chi connectivity index (χ2n) is 8.12. The van der Waals surface area contributed by atoms with E-state index in [1.807, 2.05) is 54.6 Å². The van der Waals surface area contributed by atoms with Gasteiger partial charge in [-0.05, 0) is 17.7 Å². The average Bonchev–Trinajstić information content (AvgIpc) is 3.01. The van der Waals surface area contributed by atoms with E-state index in [1.54, 1.807) is 23.1 Å². The largest absolute Gasteiger partial charge is 0.337 e. The van der Waals surface area contributed by atoms with Gasteiger partial charge in [0.2, 0.25) is 0 Å². The number of fused-ring (bicyclic) bond motifs is 2. The molecule has 1 spiro atoms. The Morgan fingerprint density at radius 1 is 0.900 bits per heavy atom. The van der Waals surface area contributed by atoms with Crippen LogP contribution < -0.4 is 4.90 Å². The standard InChI is InChI=1S/C25H22FNO3/c1-24(19-10-3-2-4-11-19)16-29-25(30-17-24)20-12-6-8-14-22(20)27(23(25)28)15-18-9-5-7-13-21(18)26/h2-14H,15-17H2,1H3. The Morgan fingerprint density at radius 2 is 1.53 bits per heavy atom. The maximum absolute atomic E-state index is 14.3. The molecule has 1 saturated heterocycles. The molecule has 0 radical (unpaired) electrons. The van der Waals surface area contributed by atoms with E-state index in [1.165, 1.54) is 6.07 Å². The van der Waals surface area contributed by atoms with Gasteiger partial charge < -0.3 is 14.4 Å². The highest BCUT2D eigenvalue weighted by Gasteiger charge is 2.57. The minimum absolute atomic E-state index is 0.118. The molecule has 5 heteroatoms. The zero-order chi connectivity index (χ0) is 20.8. The van der Waals surface area contributed by atoms with Gasteiger partial charge in [0, 0.05) is 16.5 Å². The molecule has 2 heterocycles. The zero-order valence-electron chi connectivity index (χ0n) is 16.7. The molecule has 3 aromatic rings. The summed E-state index contributed by atoms with van der Waals surface area (Å²) in [6, 6.07) is 23.9. The number of amides is 1. The fourth-order valence-electron chi connectivity index (χ4n) is 4.23. The molecule has 2 aliphatic heterocycles. The predicted molar refractivity (Wildman–Crippen MR) is 111 cm³/mol. The monoisotopic (exact) mass is 403 g/mol. The molecule has 0 N–H and O–H groups in total. The molecule has 0 unspecified atom stereocenters. The van der Waals surface area contributed by atoms with Crippen molar-refractivity contribution in [1.82, 2.24) is 0 Å². The van der Waals surface area contributed by atoms with Crippen LogP contribution in [0.2, 0.25) is 0 Å². The molecule has 0 atom stereocenters. The van der Waals surface area contributed by atoms with Crippen LogP contribution >= 0.6 is 0 Å². The molecule has 5 rings (SSSR count). The van der Waals surface area contributed by atoms with Crippen LogP contribution in [0.5, 0.6) is 0 Å². The van der Waals surface area contributed by atoms with Crippen molar-refractivity contribution in [3.63, 3.8) is 0 Å². The van der Waals surface area contributed by atoms with Gasteiger partial charge in [0.15, 0.2) is 0 Å². The number of benzene rings is 3. The maximum Gasteiger partial charge on any atom is 0.292 e. The highest BCUT2D eigenvalue weighted by molar-refractivity contribution is 6.06. The van der Waals surface area contributed by atoms with Crippen molar-refractivity contribution >= 4 is 11.6 Å². The van der Waals surface area contributed by atoms with Gasteiger partial charge in [0.1, 0.15) is 5.82 Å². The van der Waals surface area contributed by atoms with E-state index < -0.39 is 5.79 Å². The van der Waals surface area contributed by atoms with Crippen LogP contribution in [0.1, 0.15) is 23.6 Å². The topological polar surface area (TPSA) is 38.8 Å². The number of para-hydroxylation sites is 1. The Balaban J connectivity index is 1.48. The van der Waals surface area contributed by atoms with Crippen LogP contribution in [0.3, 0.4) is 0 Å². The summed E-state index contributed by atoms with van der Waals surface area (Å²) in [6.07, 6.45) is 0. The van der Waals surface area contributed by atoms with Crippen molar-refractivity contribution in [1.29, 1.82) is 0 Å². The Hall–Kier alpha value is -3.02. The lowest BCUT2D eigenvalue weighted by atomic mass is 9.83.